The summed E-state index contributed by atoms with van der Waals surface area (Å²) in [6.45, 7) is 0. The Labute approximate surface area is 112 Å². The van der Waals surface area contributed by atoms with Crippen molar-refractivity contribution in [3.8, 4) is 11.5 Å². The lowest BCUT2D eigenvalue weighted by Gasteiger charge is -2.10. The molecule has 0 atom stereocenters. The summed E-state index contributed by atoms with van der Waals surface area (Å²) in [5, 5.41) is 0. The predicted octanol–water partition coefficient (Wildman–Crippen LogP) is 3.63. The van der Waals surface area contributed by atoms with Crippen molar-refractivity contribution in [3.05, 3.63) is 59.4 Å². The minimum Gasteiger partial charge on any atom is -0.497 e. The van der Waals surface area contributed by atoms with Gasteiger partial charge in [-0.15, -0.1) is 0 Å². The standard InChI is InChI=1S/C16H17FO2/c1-18-15-10-7-13(16(11-15)19-2)6-3-12-4-8-14(17)9-5-12/h4-5,7-11H,3,6H2,1-2H3. The molecule has 0 spiro atoms. The molecule has 0 bridgehead atoms. The molecule has 0 unspecified atom stereocenters. The van der Waals surface area contributed by atoms with Gasteiger partial charge < -0.3 is 9.47 Å². The van der Waals surface area contributed by atoms with Crippen LogP contribution >= 0.6 is 0 Å². The van der Waals surface area contributed by atoms with E-state index in [0.717, 1.165) is 35.5 Å². The van der Waals surface area contributed by atoms with E-state index in [1.165, 1.54) is 12.1 Å². The molecule has 0 aromatic heterocycles. The molecule has 2 nitrogen and oxygen atoms in total. The van der Waals surface area contributed by atoms with Crippen molar-refractivity contribution >= 4 is 0 Å². The summed E-state index contributed by atoms with van der Waals surface area (Å²) in [5.41, 5.74) is 2.23. The summed E-state index contributed by atoms with van der Waals surface area (Å²) in [7, 11) is 3.28. The van der Waals surface area contributed by atoms with E-state index in [-0.39, 0.29) is 5.82 Å². The fourth-order valence-corrected chi connectivity index (χ4v) is 1.99. The average Bonchev–Trinajstić information content (AvgIpc) is 2.46. The molecule has 0 aliphatic heterocycles. The molecule has 0 saturated heterocycles. The lowest BCUT2D eigenvalue weighted by atomic mass is 10.0. The molecule has 0 saturated carbocycles. The third-order valence-corrected chi connectivity index (χ3v) is 3.09. The Morgan fingerprint density at radius 3 is 2.26 bits per heavy atom. The molecule has 0 N–H and O–H groups in total. The van der Waals surface area contributed by atoms with Crippen LogP contribution < -0.4 is 9.47 Å². The SMILES string of the molecule is COc1ccc(CCc2ccc(F)cc2)c(OC)c1. The molecule has 19 heavy (non-hydrogen) atoms. The fraction of sp³-hybridized carbons (Fsp3) is 0.250. The van der Waals surface area contributed by atoms with Crippen LogP contribution in [0.3, 0.4) is 0 Å². The molecule has 0 heterocycles. The zero-order valence-corrected chi connectivity index (χ0v) is 11.2. The zero-order chi connectivity index (χ0) is 13.7. The van der Waals surface area contributed by atoms with Gasteiger partial charge in [0.15, 0.2) is 0 Å². The maximum atomic E-state index is 12.8. The molecular formula is C16H17FO2. The lowest BCUT2D eigenvalue weighted by Crippen LogP contribution is -1.96. The van der Waals surface area contributed by atoms with E-state index in [4.69, 9.17) is 9.47 Å². The highest BCUT2D eigenvalue weighted by Gasteiger charge is 2.05. The monoisotopic (exact) mass is 260 g/mol. The van der Waals surface area contributed by atoms with Crippen molar-refractivity contribution in [1.29, 1.82) is 0 Å². The van der Waals surface area contributed by atoms with Gasteiger partial charge in [0.25, 0.3) is 0 Å². The first-order valence-corrected chi connectivity index (χ1v) is 6.18. The van der Waals surface area contributed by atoms with Crippen molar-refractivity contribution in [2.45, 2.75) is 12.8 Å². The molecule has 0 aliphatic rings. The van der Waals surface area contributed by atoms with E-state index in [1.807, 2.05) is 30.3 Å². The van der Waals surface area contributed by atoms with Gasteiger partial charge in [0.05, 0.1) is 14.2 Å². The number of halogens is 1. The normalized spacial score (nSPS) is 10.3. The van der Waals surface area contributed by atoms with E-state index in [0.29, 0.717) is 0 Å². The molecule has 0 aliphatic carbocycles. The van der Waals surface area contributed by atoms with Crippen LogP contribution in [-0.2, 0) is 12.8 Å². The van der Waals surface area contributed by atoms with E-state index >= 15 is 0 Å². The van der Waals surface area contributed by atoms with Crippen molar-refractivity contribution in [1.82, 2.24) is 0 Å². The smallest absolute Gasteiger partial charge is 0.125 e. The lowest BCUT2D eigenvalue weighted by molar-refractivity contribution is 0.391. The fourth-order valence-electron chi connectivity index (χ4n) is 1.99. The van der Waals surface area contributed by atoms with Gasteiger partial charge in [0.1, 0.15) is 17.3 Å². The van der Waals surface area contributed by atoms with E-state index in [2.05, 4.69) is 0 Å². The third-order valence-electron chi connectivity index (χ3n) is 3.09. The van der Waals surface area contributed by atoms with Crippen LogP contribution in [0, 0.1) is 5.82 Å². The second-order valence-electron chi connectivity index (χ2n) is 4.30. The third kappa shape index (κ3) is 3.47. The zero-order valence-electron chi connectivity index (χ0n) is 11.2. The predicted molar refractivity (Wildman–Crippen MR) is 73.4 cm³/mol. The van der Waals surface area contributed by atoms with Gasteiger partial charge in [0.2, 0.25) is 0 Å². The summed E-state index contributed by atoms with van der Waals surface area (Å²) in [6, 6.07) is 12.4. The van der Waals surface area contributed by atoms with Crippen molar-refractivity contribution in [2.75, 3.05) is 14.2 Å². The van der Waals surface area contributed by atoms with Crippen LogP contribution in [0.5, 0.6) is 11.5 Å². The van der Waals surface area contributed by atoms with Crippen LogP contribution in [0.15, 0.2) is 42.5 Å². The van der Waals surface area contributed by atoms with Crippen LogP contribution in [0.25, 0.3) is 0 Å². The minimum absolute atomic E-state index is 0.203. The summed E-state index contributed by atoms with van der Waals surface area (Å²) in [4.78, 5) is 0. The first-order chi connectivity index (χ1) is 9.22. The van der Waals surface area contributed by atoms with E-state index < -0.39 is 0 Å². The molecule has 3 heteroatoms. The maximum absolute atomic E-state index is 12.8. The molecule has 2 aromatic carbocycles. The molecule has 2 rings (SSSR count). The number of benzene rings is 2. The number of methoxy groups -OCH3 is 2. The highest BCUT2D eigenvalue weighted by Crippen LogP contribution is 2.25. The molecule has 100 valence electrons. The first-order valence-electron chi connectivity index (χ1n) is 6.18. The summed E-state index contributed by atoms with van der Waals surface area (Å²) in [6.07, 6.45) is 1.70. The van der Waals surface area contributed by atoms with Crippen molar-refractivity contribution in [3.63, 3.8) is 0 Å². The number of rotatable bonds is 5. The van der Waals surface area contributed by atoms with Crippen molar-refractivity contribution in [2.24, 2.45) is 0 Å². The highest BCUT2D eigenvalue weighted by atomic mass is 19.1. The topological polar surface area (TPSA) is 18.5 Å². The number of hydrogen-bond acceptors (Lipinski definition) is 2. The van der Waals surface area contributed by atoms with Gasteiger partial charge >= 0.3 is 0 Å². The van der Waals surface area contributed by atoms with Gasteiger partial charge in [-0.3, -0.25) is 0 Å². The first kappa shape index (κ1) is 13.4. The highest BCUT2D eigenvalue weighted by molar-refractivity contribution is 5.41. The Morgan fingerprint density at radius 2 is 1.63 bits per heavy atom. The molecular weight excluding hydrogens is 243 g/mol. The van der Waals surface area contributed by atoms with Gasteiger partial charge in [0, 0.05) is 6.07 Å². The van der Waals surface area contributed by atoms with Crippen LogP contribution in [0.1, 0.15) is 11.1 Å². The summed E-state index contributed by atoms with van der Waals surface area (Å²) in [5.74, 6) is 1.40. The largest absolute Gasteiger partial charge is 0.497 e. The summed E-state index contributed by atoms with van der Waals surface area (Å²) < 4.78 is 23.3. The minimum atomic E-state index is -0.203. The maximum Gasteiger partial charge on any atom is 0.125 e. The van der Waals surface area contributed by atoms with Crippen molar-refractivity contribution < 1.29 is 13.9 Å². The average molecular weight is 260 g/mol. The number of aryl methyl sites for hydroxylation is 2. The van der Waals surface area contributed by atoms with Crippen LogP contribution in [0.4, 0.5) is 4.39 Å². The second kappa shape index (κ2) is 6.23. The Hall–Kier alpha value is -2.03. The Balaban J connectivity index is 2.08. The van der Waals surface area contributed by atoms with Crippen LogP contribution in [-0.4, -0.2) is 14.2 Å². The second-order valence-corrected chi connectivity index (χ2v) is 4.30. The van der Waals surface area contributed by atoms with E-state index in [1.54, 1.807) is 14.2 Å². The van der Waals surface area contributed by atoms with E-state index in [9.17, 15) is 4.39 Å². The Kier molecular flexibility index (Phi) is 4.39. The quantitative estimate of drug-likeness (QED) is 0.817. The molecule has 0 fully saturated rings. The molecule has 2 aromatic rings. The molecule has 0 radical (unpaired) electrons. The van der Waals surface area contributed by atoms with Crippen LogP contribution in [0.2, 0.25) is 0 Å². The Morgan fingerprint density at radius 1 is 0.895 bits per heavy atom. The van der Waals surface area contributed by atoms with Gasteiger partial charge in [-0.2, -0.15) is 0 Å². The molecule has 0 amide bonds. The van der Waals surface area contributed by atoms with Gasteiger partial charge in [-0.25, -0.2) is 4.39 Å². The number of hydrogen-bond donors (Lipinski definition) is 0. The summed E-state index contributed by atoms with van der Waals surface area (Å²) >= 11 is 0. The van der Waals surface area contributed by atoms with Gasteiger partial charge in [-0.1, -0.05) is 18.2 Å². The number of ether oxygens (including phenoxy) is 2. The Bertz CT molecular complexity index is 535. The van der Waals surface area contributed by atoms with Gasteiger partial charge in [-0.05, 0) is 42.2 Å².